The lowest BCUT2D eigenvalue weighted by Gasteiger charge is -2.20. The molecular weight excluding hydrogens is 258 g/mol. The van der Waals surface area contributed by atoms with Gasteiger partial charge in [0, 0.05) is 19.7 Å². The number of carbonyl (C=O) groups is 2. The minimum atomic E-state index is -0.564. The summed E-state index contributed by atoms with van der Waals surface area (Å²) in [7, 11) is 3.39. The third-order valence-corrected chi connectivity index (χ3v) is 2.25. The molecule has 110 valence electrons. The number of hydrazine groups is 1. The molecule has 1 rings (SSSR count). The van der Waals surface area contributed by atoms with Crippen LogP contribution in [0.3, 0.4) is 0 Å². The first-order chi connectivity index (χ1) is 9.19. The van der Waals surface area contributed by atoms with E-state index < -0.39 is 11.7 Å². The number of nitrogens with one attached hydrogen (secondary N) is 2. The maximum atomic E-state index is 11.7. The van der Waals surface area contributed by atoms with Gasteiger partial charge in [-0.15, -0.1) is 0 Å². The molecule has 0 unspecified atom stereocenters. The van der Waals surface area contributed by atoms with Crippen LogP contribution in [0.15, 0.2) is 24.3 Å². The largest absolute Gasteiger partial charge is 0.443 e. The van der Waals surface area contributed by atoms with Gasteiger partial charge in [-0.05, 0) is 45.0 Å². The molecule has 6 nitrogen and oxygen atoms in total. The summed E-state index contributed by atoms with van der Waals surface area (Å²) in [5.41, 5.74) is 5.83. The van der Waals surface area contributed by atoms with Crippen LogP contribution in [0, 0.1) is 0 Å². The summed E-state index contributed by atoms with van der Waals surface area (Å²) in [4.78, 5) is 24.6. The lowest BCUT2D eigenvalue weighted by Crippen LogP contribution is -2.35. The van der Waals surface area contributed by atoms with Crippen LogP contribution >= 0.6 is 0 Å². The smallest absolute Gasteiger partial charge is 0.426 e. The highest BCUT2D eigenvalue weighted by atomic mass is 16.6. The van der Waals surface area contributed by atoms with Gasteiger partial charge >= 0.3 is 6.09 Å². The van der Waals surface area contributed by atoms with Crippen LogP contribution in [0.4, 0.5) is 10.5 Å². The fraction of sp³-hybridized carbons (Fsp3) is 0.429. The van der Waals surface area contributed by atoms with Crippen molar-refractivity contribution in [3.8, 4) is 0 Å². The Hall–Kier alpha value is -2.24. The summed E-state index contributed by atoms with van der Waals surface area (Å²) in [6.45, 7) is 5.36. The fourth-order valence-electron chi connectivity index (χ4n) is 1.38. The molecule has 1 aromatic carbocycles. The number of rotatable bonds is 3. The number of anilines is 1. The summed E-state index contributed by atoms with van der Waals surface area (Å²) in [5, 5.41) is 0. The van der Waals surface area contributed by atoms with Crippen LogP contribution in [0.5, 0.6) is 0 Å². The molecule has 2 amide bonds. The second kappa shape index (κ2) is 6.27. The molecule has 0 heterocycles. The van der Waals surface area contributed by atoms with Crippen LogP contribution in [-0.4, -0.2) is 36.6 Å². The Morgan fingerprint density at radius 2 is 1.65 bits per heavy atom. The van der Waals surface area contributed by atoms with Gasteiger partial charge < -0.3 is 9.64 Å². The van der Waals surface area contributed by atoms with E-state index in [0.717, 1.165) is 0 Å². The monoisotopic (exact) mass is 279 g/mol. The molecule has 0 fully saturated rings. The van der Waals surface area contributed by atoms with Gasteiger partial charge in [-0.25, -0.2) is 10.2 Å². The summed E-state index contributed by atoms with van der Waals surface area (Å²) >= 11 is 0. The molecule has 0 aliphatic rings. The second-order valence-corrected chi connectivity index (χ2v) is 5.53. The molecule has 0 saturated carbocycles. The first kappa shape index (κ1) is 15.8. The van der Waals surface area contributed by atoms with Crippen LogP contribution in [0.1, 0.15) is 31.1 Å². The van der Waals surface area contributed by atoms with E-state index in [1.165, 1.54) is 4.90 Å². The van der Waals surface area contributed by atoms with E-state index in [4.69, 9.17) is 4.74 Å². The maximum Gasteiger partial charge on any atom is 0.426 e. The molecule has 0 saturated heterocycles. The first-order valence-corrected chi connectivity index (χ1v) is 6.26. The molecule has 0 radical (unpaired) electrons. The predicted molar refractivity (Wildman–Crippen MR) is 77.5 cm³/mol. The standard InChI is InChI=1S/C14H21N3O3/c1-14(2,3)20-13(19)16-15-11-8-6-10(7-9-11)12(18)17(4)5/h6-9,15H,1-5H3,(H,16,19). The van der Waals surface area contributed by atoms with E-state index in [-0.39, 0.29) is 5.91 Å². The van der Waals surface area contributed by atoms with Gasteiger partial charge in [0.15, 0.2) is 0 Å². The molecule has 1 aromatic rings. The van der Waals surface area contributed by atoms with Gasteiger partial charge in [0.25, 0.3) is 5.91 Å². The van der Waals surface area contributed by atoms with Gasteiger partial charge in [0.1, 0.15) is 5.60 Å². The SMILES string of the molecule is CN(C)C(=O)c1ccc(NNC(=O)OC(C)(C)C)cc1. The van der Waals surface area contributed by atoms with Crippen molar-refractivity contribution in [2.24, 2.45) is 0 Å². The molecule has 0 spiro atoms. The molecule has 0 aliphatic carbocycles. The van der Waals surface area contributed by atoms with Gasteiger partial charge in [0.2, 0.25) is 0 Å². The lowest BCUT2D eigenvalue weighted by molar-refractivity contribution is 0.0541. The van der Waals surface area contributed by atoms with Crippen LogP contribution in [0.25, 0.3) is 0 Å². The second-order valence-electron chi connectivity index (χ2n) is 5.53. The van der Waals surface area contributed by atoms with Crippen molar-refractivity contribution in [2.45, 2.75) is 26.4 Å². The number of amides is 2. The van der Waals surface area contributed by atoms with Gasteiger partial charge in [0.05, 0.1) is 5.69 Å². The minimum absolute atomic E-state index is 0.0725. The van der Waals surface area contributed by atoms with Crippen molar-refractivity contribution in [3.05, 3.63) is 29.8 Å². The average molecular weight is 279 g/mol. The fourth-order valence-corrected chi connectivity index (χ4v) is 1.38. The predicted octanol–water partition coefficient (Wildman–Crippen LogP) is 2.24. The quantitative estimate of drug-likeness (QED) is 0.832. The van der Waals surface area contributed by atoms with Crippen molar-refractivity contribution in [3.63, 3.8) is 0 Å². The average Bonchev–Trinajstić information content (AvgIpc) is 2.34. The highest BCUT2D eigenvalue weighted by Gasteiger charge is 2.15. The van der Waals surface area contributed by atoms with Crippen LogP contribution in [-0.2, 0) is 4.74 Å². The Balaban J connectivity index is 2.54. The molecule has 20 heavy (non-hydrogen) atoms. The van der Waals surface area contributed by atoms with E-state index >= 15 is 0 Å². The molecular formula is C14H21N3O3. The van der Waals surface area contributed by atoms with Crippen molar-refractivity contribution < 1.29 is 14.3 Å². The van der Waals surface area contributed by atoms with Gasteiger partial charge in [-0.1, -0.05) is 0 Å². The Bertz CT molecular complexity index is 475. The Morgan fingerprint density at radius 3 is 2.10 bits per heavy atom. The van der Waals surface area contributed by atoms with E-state index in [1.54, 1.807) is 59.1 Å². The van der Waals surface area contributed by atoms with E-state index in [2.05, 4.69) is 10.9 Å². The van der Waals surface area contributed by atoms with E-state index in [1.807, 2.05) is 0 Å². The Morgan fingerprint density at radius 1 is 1.10 bits per heavy atom. The highest BCUT2D eigenvalue weighted by molar-refractivity contribution is 5.94. The highest BCUT2D eigenvalue weighted by Crippen LogP contribution is 2.10. The van der Waals surface area contributed by atoms with Crippen molar-refractivity contribution in [1.82, 2.24) is 10.3 Å². The zero-order valence-electron chi connectivity index (χ0n) is 12.5. The van der Waals surface area contributed by atoms with E-state index in [0.29, 0.717) is 11.3 Å². The zero-order valence-corrected chi connectivity index (χ0v) is 12.5. The number of carbonyl (C=O) groups excluding carboxylic acids is 2. The first-order valence-electron chi connectivity index (χ1n) is 6.26. The van der Waals surface area contributed by atoms with Crippen LogP contribution < -0.4 is 10.9 Å². The van der Waals surface area contributed by atoms with Gasteiger partial charge in [-0.3, -0.25) is 10.2 Å². The Labute approximate surface area is 119 Å². The number of hydrogen-bond acceptors (Lipinski definition) is 4. The summed E-state index contributed by atoms with van der Waals surface area (Å²) in [6, 6.07) is 6.77. The maximum absolute atomic E-state index is 11.7. The molecule has 0 bridgehead atoms. The summed E-state index contributed by atoms with van der Waals surface area (Å²) in [5.74, 6) is -0.0725. The number of benzene rings is 1. The molecule has 6 heteroatoms. The van der Waals surface area contributed by atoms with Crippen molar-refractivity contribution in [1.29, 1.82) is 0 Å². The van der Waals surface area contributed by atoms with E-state index in [9.17, 15) is 9.59 Å². The third kappa shape index (κ3) is 5.17. The Kier molecular flexibility index (Phi) is 4.96. The molecule has 0 aromatic heterocycles. The van der Waals surface area contributed by atoms with Gasteiger partial charge in [-0.2, -0.15) is 0 Å². The molecule has 0 atom stereocenters. The molecule has 2 N–H and O–H groups in total. The van der Waals surface area contributed by atoms with Crippen molar-refractivity contribution in [2.75, 3.05) is 19.5 Å². The third-order valence-electron chi connectivity index (χ3n) is 2.25. The summed E-state index contributed by atoms with van der Waals surface area (Å²) in [6.07, 6.45) is -0.564. The molecule has 0 aliphatic heterocycles. The lowest BCUT2D eigenvalue weighted by atomic mass is 10.2. The minimum Gasteiger partial charge on any atom is -0.443 e. The number of ether oxygens (including phenoxy) is 1. The number of hydrogen-bond donors (Lipinski definition) is 2. The number of nitrogens with zero attached hydrogens (tertiary/aromatic N) is 1. The van der Waals surface area contributed by atoms with Crippen LogP contribution in [0.2, 0.25) is 0 Å². The van der Waals surface area contributed by atoms with Crippen molar-refractivity contribution >= 4 is 17.7 Å². The normalized spacial score (nSPS) is 10.7. The topological polar surface area (TPSA) is 70.7 Å². The zero-order chi connectivity index (χ0) is 15.3. The summed E-state index contributed by atoms with van der Waals surface area (Å²) < 4.78 is 5.08.